The Morgan fingerprint density at radius 3 is 2.16 bits per heavy atom. The Hall–Kier alpha value is 0.354. The molecule has 0 amide bonds. The van der Waals surface area contributed by atoms with Gasteiger partial charge in [-0.1, -0.05) is 63.7 Å². The maximum atomic E-state index is 5.66. The van der Waals surface area contributed by atoms with Crippen molar-refractivity contribution in [2.24, 2.45) is 0 Å². The van der Waals surface area contributed by atoms with E-state index >= 15 is 0 Å². The Morgan fingerprint density at radius 2 is 1.63 bits per heavy atom. The smallest absolute Gasteiger partial charge is 0.104 e. The van der Waals surface area contributed by atoms with Gasteiger partial charge in [-0.15, -0.1) is 0 Å². The zero-order valence-corrected chi connectivity index (χ0v) is 15.8. The summed E-state index contributed by atoms with van der Waals surface area (Å²) >= 11 is 0. The Kier molecular flexibility index (Phi) is 7.29. The molecule has 1 rings (SSSR count). The van der Waals surface area contributed by atoms with Crippen molar-refractivity contribution < 1.29 is 9.47 Å². The minimum atomic E-state index is -1.000. The lowest BCUT2D eigenvalue weighted by Crippen LogP contribution is -2.39. The van der Waals surface area contributed by atoms with Gasteiger partial charge in [0.2, 0.25) is 0 Å². The molecule has 4 heteroatoms. The van der Waals surface area contributed by atoms with E-state index in [-0.39, 0.29) is 0 Å². The van der Waals surface area contributed by atoms with Crippen molar-refractivity contribution >= 4 is 16.1 Å². The van der Waals surface area contributed by atoms with E-state index in [9.17, 15) is 0 Å². The predicted octanol–water partition coefficient (Wildman–Crippen LogP) is 4.55. The standard InChI is InChI=1S/C15H34O2Si2/c1-6-7-10-18(2,3)14-19(4,5)11-8-9-16-12-15-13-17-15/h15H,6-14H2,1-5H3. The summed E-state index contributed by atoms with van der Waals surface area (Å²) in [7, 11) is -1.93. The summed E-state index contributed by atoms with van der Waals surface area (Å²) in [5, 5.41) is 0. The molecule has 1 saturated heterocycles. The van der Waals surface area contributed by atoms with Gasteiger partial charge in [-0.25, -0.2) is 0 Å². The van der Waals surface area contributed by atoms with Gasteiger partial charge < -0.3 is 9.47 Å². The molecular weight excluding hydrogens is 268 g/mol. The summed E-state index contributed by atoms with van der Waals surface area (Å²) in [5.74, 6) is 0. The maximum Gasteiger partial charge on any atom is 0.104 e. The molecule has 114 valence electrons. The molecule has 1 aliphatic heterocycles. The molecule has 19 heavy (non-hydrogen) atoms. The lowest BCUT2D eigenvalue weighted by atomic mass is 10.4. The fourth-order valence-electron chi connectivity index (χ4n) is 3.16. The SMILES string of the molecule is CCCC[Si](C)(C)C[Si](C)(C)CCCOCC1CO1. The van der Waals surface area contributed by atoms with Crippen molar-refractivity contribution in [2.75, 3.05) is 19.8 Å². The van der Waals surface area contributed by atoms with Crippen LogP contribution in [0.2, 0.25) is 43.9 Å². The average Bonchev–Trinajstić information content (AvgIpc) is 3.08. The van der Waals surface area contributed by atoms with E-state index in [1.807, 2.05) is 0 Å². The molecule has 0 bridgehead atoms. The molecule has 1 aliphatic rings. The summed E-state index contributed by atoms with van der Waals surface area (Å²) in [6.07, 6.45) is 4.47. The zero-order valence-electron chi connectivity index (χ0n) is 13.8. The fraction of sp³-hybridized carbons (Fsp3) is 1.00. The second-order valence-corrected chi connectivity index (χ2v) is 18.8. The summed E-state index contributed by atoms with van der Waals surface area (Å²) in [5.41, 5.74) is 1.59. The summed E-state index contributed by atoms with van der Waals surface area (Å²) in [6, 6.07) is 2.95. The van der Waals surface area contributed by atoms with E-state index in [4.69, 9.17) is 9.47 Å². The van der Waals surface area contributed by atoms with Crippen LogP contribution >= 0.6 is 0 Å². The van der Waals surface area contributed by atoms with Gasteiger partial charge in [0.15, 0.2) is 0 Å². The monoisotopic (exact) mass is 302 g/mol. The Balaban J connectivity index is 2.13. The average molecular weight is 303 g/mol. The molecule has 2 nitrogen and oxygen atoms in total. The van der Waals surface area contributed by atoms with Crippen LogP contribution in [0.1, 0.15) is 26.2 Å². The van der Waals surface area contributed by atoms with Crippen LogP contribution in [0.4, 0.5) is 0 Å². The number of hydrogen-bond donors (Lipinski definition) is 0. The minimum absolute atomic E-state index is 0.422. The summed E-state index contributed by atoms with van der Waals surface area (Å²) < 4.78 is 10.8. The summed E-state index contributed by atoms with van der Waals surface area (Å²) in [6.45, 7) is 15.3. The second-order valence-electron chi connectivity index (χ2n) is 7.74. The number of unbranched alkanes of at least 4 members (excludes halogenated alkanes) is 1. The van der Waals surface area contributed by atoms with Crippen molar-refractivity contribution in [3.63, 3.8) is 0 Å². The third kappa shape index (κ3) is 9.00. The van der Waals surface area contributed by atoms with Gasteiger partial charge in [-0.05, 0) is 6.42 Å². The van der Waals surface area contributed by atoms with Crippen LogP contribution in [0.3, 0.4) is 0 Å². The molecule has 0 aliphatic carbocycles. The van der Waals surface area contributed by atoms with E-state index in [1.165, 1.54) is 31.4 Å². The third-order valence-electron chi connectivity index (χ3n) is 4.01. The molecule has 0 aromatic carbocycles. The Bertz CT molecular complexity index is 251. The van der Waals surface area contributed by atoms with E-state index in [0.717, 1.165) is 19.8 Å². The van der Waals surface area contributed by atoms with E-state index in [1.54, 1.807) is 5.67 Å². The molecule has 0 N–H and O–H groups in total. The van der Waals surface area contributed by atoms with Crippen LogP contribution in [0, 0.1) is 0 Å². The summed E-state index contributed by atoms with van der Waals surface area (Å²) in [4.78, 5) is 0. The van der Waals surface area contributed by atoms with Crippen LogP contribution < -0.4 is 0 Å². The molecule has 0 aromatic rings. The molecule has 1 unspecified atom stereocenters. The van der Waals surface area contributed by atoms with Gasteiger partial charge in [-0.3, -0.25) is 0 Å². The van der Waals surface area contributed by atoms with Gasteiger partial charge in [0.25, 0.3) is 0 Å². The first-order valence-corrected chi connectivity index (χ1v) is 14.9. The maximum absolute atomic E-state index is 5.66. The van der Waals surface area contributed by atoms with Crippen molar-refractivity contribution in [1.82, 2.24) is 0 Å². The van der Waals surface area contributed by atoms with Crippen molar-refractivity contribution in [1.29, 1.82) is 0 Å². The molecule has 0 saturated carbocycles. The van der Waals surface area contributed by atoms with E-state index in [2.05, 4.69) is 33.1 Å². The molecule has 0 aromatic heterocycles. The lowest BCUT2D eigenvalue weighted by Gasteiger charge is -2.32. The molecule has 1 heterocycles. The molecule has 1 atom stereocenters. The highest BCUT2D eigenvalue weighted by atomic mass is 28.4. The first-order valence-electron chi connectivity index (χ1n) is 8.04. The highest BCUT2D eigenvalue weighted by Gasteiger charge is 2.31. The largest absolute Gasteiger partial charge is 0.379 e. The van der Waals surface area contributed by atoms with Crippen LogP contribution in [-0.2, 0) is 9.47 Å². The first kappa shape index (κ1) is 17.4. The minimum Gasteiger partial charge on any atom is -0.379 e. The van der Waals surface area contributed by atoms with Crippen molar-refractivity contribution in [3.8, 4) is 0 Å². The van der Waals surface area contributed by atoms with E-state index in [0.29, 0.717) is 6.10 Å². The number of epoxide rings is 1. The quantitative estimate of drug-likeness (QED) is 0.317. The van der Waals surface area contributed by atoms with Gasteiger partial charge in [-0.2, -0.15) is 0 Å². The van der Waals surface area contributed by atoms with Crippen molar-refractivity contribution in [2.45, 2.75) is 76.2 Å². The number of hydrogen-bond acceptors (Lipinski definition) is 2. The fourth-order valence-corrected chi connectivity index (χ4v) is 17.3. The number of rotatable bonds is 11. The second kappa shape index (κ2) is 7.96. The molecular formula is C15H34O2Si2. The van der Waals surface area contributed by atoms with Crippen LogP contribution in [0.15, 0.2) is 0 Å². The molecule has 0 spiro atoms. The zero-order chi connectivity index (χ0) is 14.4. The number of ether oxygens (including phenoxy) is 2. The van der Waals surface area contributed by atoms with Gasteiger partial charge in [0, 0.05) is 22.8 Å². The van der Waals surface area contributed by atoms with Crippen LogP contribution in [0.5, 0.6) is 0 Å². The van der Waals surface area contributed by atoms with Crippen molar-refractivity contribution in [3.05, 3.63) is 0 Å². The Labute approximate surface area is 122 Å². The normalized spacial score (nSPS) is 19.7. The lowest BCUT2D eigenvalue weighted by molar-refractivity contribution is 0.117. The highest BCUT2D eigenvalue weighted by molar-refractivity contribution is 6.95. The first-order chi connectivity index (χ1) is 8.85. The van der Waals surface area contributed by atoms with E-state index < -0.39 is 16.1 Å². The van der Waals surface area contributed by atoms with Gasteiger partial charge >= 0.3 is 0 Å². The third-order valence-corrected chi connectivity index (χ3v) is 15.1. The highest BCUT2D eigenvalue weighted by Crippen LogP contribution is 2.28. The molecule has 1 fully saturated rings. The predicted molar refractivity (Wildman–Crippen MR) is 89.5 cm³/mol. The van der Waals surface area contributed by atoms with Crippen LogP contribution in [0.25, 0.3) is 0 Å². The topological polar surface area (TPSA) is 21.8 Å². The van der Waals surface area contributed by atoms with Crippen LogP contribution in [-0.4, -0.2) is 42.1 Å². The molecule has 0 radical (unpaired) electrons. The Morgan fingerprint density at radius 1 is 1.05 bits per heavy atom. The van der Waals surface area contributed by atoms with Gasteiger partial charge in [0.1, 0.15) is 6.10 Å². The van der Waals surface area contributed by atoms with Gasteiger partial charge in [0.05, 0.1) is 13.2 Å².